The number of anilines is 1. The molecule has 0 bridgehead atoms. The summed E-state index contributed by atoms with van der Waals surface area (Å²) in [7, 11) is 3.00. The summed E-state index contributed by atoms with van der Waals surface area (Å²) in [6.45, 7) is -0.303. The molecule has 0 radical (unpaired) electrons. The van der Waals surface area contributed by atoms with Gasteiger partial charge in [0.2, 0.25) is 5.91 Å². The fourth-order valence-electron chi connectivity index (χ4n) is 3.52. The number of amides is 3. The van der Waals surface area contributed by atoms with Crippen LogP contribution < -0.4 is 19.5 Å². The van der Waals surface area contributed by atoms with Gasteiger partial charge in [-0.2, -0.15) is 0 Å². The minimum absolute atomic E-state index is 0.122. The lowest BCUT2D eigenvalue weighted by Crippen LogP contribution is -2.36. The summed E-state index contributed by atoms with van der Waals surface area (Å²) >= 11 is 4.20. The highest BCUT2D eigenvalue weighted by atomic mass is 79.9. The standard InChI is InChI=1S/C27H22BrFN2O6S/c1-35-20-8-6-19(7-9-20)30-25(32)14-31-26(33)24(38-27(31)34)12-17-11-22(36-2)23(13-21(17)28)37-15-16-4-3-5-18(29)10-16/h3-13H,14-15H2,1-2H3,(H,30,32)/b24-12+. The van der Waals surface area contributed by atoms with Crippen molar-refractivity contribution in [3.63, 3.8) is 0 Å². The lowest BCUT2D eigenvalue weighted by molar-refractivity contribution is -0.127. The number of imide groups is 1. The molecule has 3 aromatic carbocycles. The Morgan fingerprint density at radius 1 is 1.05 bits per heavy atom. The number of nitrogens with zero attached hydrogens (tertiary/aromatic N) is 1. The van der Waals surface area contributed by atoms with E-state index in [1.807, 2.05) is 0 Å². The number of halogens is 2. The molecule has 1 heterocycles. The van der Waals surface area contributed by atoms with Gasteiger partial charge < -0.3 is 19.5 Å². The zero-order chi connectivity index (χ0) is 27.2. The number of hydrogen-bond acceptors (Lipinski definition) is 7. The Morgan fingerprint density at radius 3 is 2.50 bits per heavy atom. The number of carbonyl (C=O) groups is 3. The topological polar surface area (TPSA) is 94.2 Å². The van der Waals surface area contributed by atoms with Crippen LogP contribution >= 0.6 is 27.7 Å². The molecule has 3 aromatic rings. The predicted molar refractivity (Wildman–Crippen MR) is 146 cm³/mol. The molecule has 8 nitrogen and oxygen atoms in total. The Labute approximate surface area is 230 Å². The zero-order valence-corrected chi connectivity index (χ0v) is 22.7. The van der Waals surface area contributed by atoms with Crippen molar-refractivity contribution in [2.45, 2.75) is 6.61 Å². The molecule has 0 saturated carbocycles. The summed E-state index contributed by atoms with van der Waals surface area (Å²) < 4.78 is 30.4. The molecule has 11 heteroatoms. The van der Waals surface area contributed by atoms with Gasteiger partial charge >= 0.3 is 0 Å². The van der Waals surface area contributed by atoms with Crippen LogP contribution in [-0.4, -0.2) is 42.7 Å². The van der Waals surface area contributed by atoms with E-state index in [2.05, 4.69) is 21.2 Å². The van der Waals surface area contributed by atoms with E-state index >= 15 is 0 Å². The van der Waals surface area contributed by atoms with Gasteiger partial charge in [0.05, 0.1) is 19.1 Å². The van der Waals surface area contributed by atoms with E-state index in [1.165, 1.54) is 32.4 Å². The first-order valence-electron chi connectivity index (χ1n) is 11.2. The van der Waals surface area contributed by atoms with Gasteiger partial charge in [0.15, 0.2) is 11.5 Å². The second-order valence-electron chi connectivity index (χ2n) is 7.99. The Hall–Kier alpha value is -3.83. The molecule has 1 aliphatic rings. The number of nitrogens with one attached hydrogen (secondary N) is 1. The Morgan fingerprint density at radius 2 is 1.82 bits per heavy atom. The average molecular weight is 601 g/mol. The lowest BCUT2D eigenvalue weighted by atomic mass is 10.1. The number of thioether (sulfide) groups is 1. The molecule has 0 atom stereocenters. The van der Waals surface area contributed by atoms with Gasteiger partial charge in [0, 0.05) is 10.2 Å². The van der Waals surface area contributed by atoms with Gasteiger partial charge in [-0.3, -0.25) is 19.3 Å². The highest BCUT2D eigenvalue weighted by Crippen LogP contribution is 2.38. The van der Waals surface area contributed by atoms with Crippen molar-refractivity contribution in [2.24, 2.45) is 0 Å². The molecule has 4 rings (SSSR count). The van der Waals surface area contributed by atoms with E-state index in [-0.39, 0.29) is 17.3 Å². The van der Waals surface area contributed by atoms with Crippen LogP contribution in [0, 0.1) is 5.82 Å². The summed E-state index contributed by atoms with van der Waals surface area (Å²) in [5.41, 5.74) is 1.72. The zero-order valence-electron chi connectivity index (χ0n) is 20.3. The second-order valence-corrected chi connectivity index (χ2v) is 9.84. The summed E-state index contributed by atoms with van der Waals surface area (Å²) in [6, 6.07) is 16.1. The third-order valence-electron chi connectivity index (χ3n) is 5.40. The minimum atomic E-state index is -0.581. The SMILES string of the molecule is COc1ccc(NC(=O)CN2C(=O)S/C(=C/c3cc(OC)c(OCc4cccc(F)c4)cc3Br)C2=O)cc1. The number of ether oxygens (including phenoxy) is 3. The third-order valence-corrected chi connectivity index (χ3v) is 7.00. The van der Waals surface area contributed by atoms with Crippen molar-refractivity contribution in [1.82, 2.24) is 4.90 Å². The fraction of sp³-hybridized carbons (Fsp3) is 0.148. The summed E-state index contributed by atoms with van der Waals surface area (Å²) in [5.74, 6) is -0.0311. The molecule has 0 aliphatic carbocycles. The molecule has 1 saturated heterocycles. The second kappa shape index (κ2) is 12.1. The van der Waals surface area contributed by atoms with Gasteiger partial charge in [0.1, 0.15) is 24.7 Å². The van der Waals surface area contributed by atoms with Crippen molar-refractivity contribution in [3.8, 4) is 17.2 Å². The van der Waals surface area contributed by atoms with E-state index in [1.54, 1.807) is 48.5 Å². The van der Waals surface area contributed by atoms with Crippen molar-refractivity contribution in [2.75, 3.05) is 26.1 Å². The third kappa shape index (κ3) is 6.53. The molecule has 1 fully saturated rings. The van der Waals surface area contributed by atoms with E-state index in [0.717, 1.165) is 16.7 Å². The maximum Gasteiger partial charge on any atom is 0.294 e. The number of hydrogen-bond donors (Lipinski definition) is 1. The normalized spacial score (nSPS) is 14.1. The maximum atomic E-state index is 13.5. The number of carbonyl (C=O) groups excluding carboxylic acids is 3. The predicted octanol–water partition coefficient (Wildman–Crippen LogP) is 5.86. The number of benzene rings is 3. The Balaban J connectivity index is 1.45. The molecular formula is C27H22BrFN2O6S. The Bertz CT molecular complexity index is 1410. The Kier molecular flexibility index (Phi) is 8.70. The first kappa shape index (κ1) is 27.2. The van der Waals surface area contributed by atoms with E-state index < -0.39 is 23.6 Å². The van der Waals surface area contributed by atoms with Crippen LogP contribution in [-0.2, 0) is 16.2 Å². The largest absolute Gasteiger partial charge is 0.497 e. The van der Waals surface area contributed by atoms with Crippen LogP contribution in [0.15, 0.2) is 70.0 Å². The summed E-state index contributed by atoms with van der Waals surface area (Å²) in [4.78, 5) is 38.9. The van der Waals surface area contributed by atoms with Crippen LogP contribution in [0.5, 0.6) is 17.2 Å². The van der Waals surface area contributed by atoms with E-state index in [9.17, 15) is 18.8 Å². The van der Waals surface area contributed by atoms with Gasteiger partial charge in [-0.05, 0) is 77.5 Å². The van der Waals surface area contributed by atoms with Crippen LogP contribution in [0.4, 0.5) is 14.9 Å². The van der Waals surface area contributed by atoms with Crippen LogP contribution in [0.2, 0.25) is 0 Å². The lowest BCUT2D eigenvalue weighted by Gasteiger charge is -2.13. The van der Waals surface area contributed by atoms with Gasteiger partial charge in [-0.25, -0.2) is 4.39 Å². The van der Waals surface area contributed by atoms with Crippen LogP contribution in [0.25, 0.3) is 6.08 Å². The first-order valence-corrected chi connectivity index (χ1v) is 12.8. The molecule has 1 N–H and O–H groups in total. The minimum Gasteiger partial charge on any atom is -0.497 e. The van der Waals surface area contributed by atoms with Gasteiger partial charge in [-0.1, -0.05) is 28.1 Å². The van der Waals surface area contributed by atoms with E-state index in [4.69, 9.17) is 14.2 Å². The number of rotatable bonds is 9. The fourth-order valence-corrected chi connectivity index (χ4v) is 4.78. The van der Waals surface area contributed by atoms with Crippen molar-refractivity contribution >= 4 is 56.5 Å². The molecular weight excluding hydrogens is 579 g/mol. The molecule has 0 aromatic heterocycles. The maximum absolute atomic E-state index is 13.5. The van der Waals surface area contributed by atoms with Crippen molar-refractivity contribution in [3.05, 3.63) is 87.0 Å². The monoisotopic (exact) mass is 600 g/mol. The number of methoxy groups -OCH3 is 2. The molecule has 1 aliphatic heterocycles. The van der Waals surface area contributed by atoms with Gasteiger partial charge in [0.25, 0.3) is 11.1 Å². The molecule has 0 spiro atoms. The first-order chi connectivity index (χ1) is 18.3. The molecule has 3 amide bonds. The average Bonchev–Trinajstić information content (AvgIpc) is 3.16. The molecule has 0 unspecified atom stereocenters. The van der Waals surface area contributed by atoms with Gasteiger partial charge in [-0.15, -0.1) is 0 Å². The smallest absolute Gasteiger partial charge is 0.294 e. The molecule has 196 valence electrons. The van der Waals surface area contributed by atoms with Crippen LogP contribution in [0.3, 0.4) is 0 Å². The molecule has 38 heavy (non-hydrogen) atoms. The van der Waals surface area contributed by atoms with Crippen molar-refractivity contribution in [1.29, 1.82) is 0 Å². The summed E-state index contributed by atoms with van der Waals surface area (Å²) in [5, 5.41) is 2.10. The van der Waals surface area contributed by atoms with Crippen molar-refractivity contribution < 1.29 is 33.0 Å². The highest BCUT2D eigenvalue weighted by molar-refractivity contribution is 9.10. The van der Waals surface area contributed by atoms with E-state index in [0.29, 0.717) is 38.5 Å². The summed E-state index contributed by atoms with van der Waals surface area (Å²) in [6.07, 6.45) is 1.54. The van der Waals surface area contributed by atoms with Crippen LogP contribution in [0.1, 0.15) is 11.1 Å². The quantitative estimate of drug-likeness (QED) is 0.307. The highest BCUT2D eigenvalue weighted by Gasteiger charge is 2.36.